The summed E-state index contributed by atoms with van der Waals surface area (Å²) in [6, 6.07) is 109. The van der Waals surface area contributed by atoms with Gasteiger partial charge >= 0.3 is 0 Å². The van der Waals surface area contributed by atoms with Crippen molar-refractivity contribution in [1.82, 2.24) is 19.1 Å². The van der Waals surface area contributed by atoms with Crippen LogP contribution in [0.3, 0.4) is 0 Å². The molecule has 0 atom stereocenters. The van der Waals surface area contributed by atoms with E-state index in [0.29, 0.717) is 0 Å². The van der Waals surface area contributed by atoms with E-state index in [2.05, 4.69) is 310 Å². The molecule has 6 nitrogen and oxygen atoms in total. The first-order valence-electron chi connectivity index (χ1n) is 27.9. The number of para-hydroxylation sites is 8. The Bertz CT molecular complexity index is 4670. The van der Waals surface area contributed by atoms with Crippen molar-refractivity contribution in [3.8, 4) is 33.9 Å². The summed E-state index contributed by atoms with van der Waals surface area (Å²) in [6.07, 6.45) is 0. The average Bonchev–Trinajstić information content (AvgIpc) is 4.25. The van der Waals surface area contributed by atoms with Crippen molar-refractivity contribution in [2.75, 3.05) is 9.80 Å². The number of nitrogens with zero attached hydrogens (tertiary/aromatic N) is 6. The maximum absolute atomic E-state index is 5.58. The zero-order valence-electron chi connectivity index (χ0n) is 44.6. The SMILES string of the molecule is c1ccc(N(c2ccc(-n3c4ccccc4c4ccccc43)cc2)c2ccc(-c3nc4ccccc4nc3-c3ccc(N(c4ccccc4)c4ccc(-n5c6ccccc6c6ccccc65)cc4)c4ccccc34)c3ccccc23)cc1. The van der Waals surface area contributed by atoms with Gasteiger partial charge in [-0.3, -0.25) is 0 Å². The predicted molar refractivity (Wildman–Crippen MR) is 343 cm³/mol. The van der Waals surface area contributed by atoms with Crippen LogP contribution in [0.1, 0.15) is 0 Å². The molecular formula is C76H50N6. The van der Waals surface area contributed by atoms with E-state index in [1.165, 1.54) is 43.6 Å². The molecule has 16 rings (SSSR count). The summed E-state index contributed by atoms with van der Waals surface area (Å²) >= 11 is 0. The van der Waals surface area contributed by atoms with Crippen LogP contribution < -0.4 is 9.80 Å². The van der Waals surface area contributed by atoms with Gasteiger partial charge in [0, 0.05) is 77.6 Å². The van der Waals surface area contributed by atoms with Crippen LogP contribution in [0, 0.1) is 0 Å². The number of hydrogen-bond acceptors (Lipinski definition) is 4. The highest BCUT2D eigenvalue weighted by Crippen LogP contribution is 2.47. The van der Waals surface area contributed by atoms with Crippen LogP contribution in [0.2, 0.25) is 0 Å². The molecule has 0 unspecified atom stereocenters. The van der Waals surface area contributed by atoms with Gasteiger partial charge in [-0.2, -0.15) is 0 Å². The molecule has 0 saturated carbocycles. The lowest BCUT2D eigenvalue weighted by Gasteiger charge is -2.28. The molecule has 6 heteroatoms. The molecule has 16 aromatic rings. The minimum atomic E-state index is 0.821. The molecule has 13 aromatic carbocycles. The van der Waals surface area contributed by atoms with Gasteiger partial charge in [-0.15, -0.1) is 0 Å². The molecule has 384 valence electrons. The smallest absolute Gasteiger partial charge is 0.0979 e. The third-order valence-electron chi connectivity index (χ3n) is 16.3. The van der Waals surface area contributed by atoms with Crippen molar-refractivity contribution in [3.63, 3.8) is 0 Å². The van der Waals surface area contributed by atoms with Gasteiger partial charge in [0.05, 0.1) is 55.9 Å². The second kappa shape index (κ2) is 19.4. The zero-order valence-corrected chi connectivity index (χ0v) is 44.6. The van der Waals surface area contributed by atoms with Crippen LogP contribution in [-0.4, -0.2) is 19.1 Å². The van der Waals surface area contributed by atoms with E-state index in [9.17, 15) is 0 Å². The summed E-state index contributed by atoms with van der Waals surface area (Å²) in [7, 11) is 0. The first-order chi connectivity index (χ1) is 40.7. The molecule has 0 aliphatic heterocycles. The Labute approximate surface area is 473 Å². The van der Waals surface area contributed by atoms with Crippen LogP contribution in [0.25, 0.3) is 110 Å². The van der Waals surface area contributed by atoms with E-state index in [0.717, 1.165) is 101 Å². The number of hydrogen-bond donors (Lipinski definition) is 0. The lowest BCUT2D eigenvalue weighted by atomic mass is 9.93. The van der Waals surface area contributed by atoms with E-state index >= 15 is 0 Å². The number of rotatable bonds is 10. The van der Waals surface area contributed by atoms with E-state index in [1.807, 2.05) is 12.1 Å². The molecule has 0 N–H and O–H groups in total. The molecule has 0 radical (unpaired) electrons. The molecule has 0 aliphatic carbocycles. The molecule has 0 saturated heterocycles. The Hall–Kier alpha value is -11.1. The molecule has 0 bridgehead atoms. The quantitative estimate of drug-likeness (QED) is 0.137. The van der Waals surface area contributed by atoms with E-state index in [4.69, 9.17) is 9.97 Å². The van der Waals surface area contributed by atoms with Gasteiger partial charge < -0.3 is 18.9 Å². The monoisotopic (exact) mass is 1050 g/mol. The standard InChI is InChI=1S/C76H50N6/c1-3-21-51(22-4-1)79(53-39-43-55(44-40-53)81-69-35-17-11-29-61(69)62-30-12-18-36-70(62)81)73-49-47-65(57-25-7-9-27-59(57)73)75-76(78-68-34-16-15-33-67(68)77-75)66-48-50-74(60-28-10-8-26-58(60)66)80(52-23-5-2-6-24-52)54-41-45-56(46-42-54)82-71-37-19-13-31-63(71)64-32-14-20-38-72(64)82/h1-50H. The van der Waals surface area contributed by atoms with E-state index in [-0.39, 0.29) is 0 Å². The largest absolute Gasteiger partial charge is 0.310 e. The van der Waals surface area contributed by atoms with Crippen molar-refractivity contribution in [2.24, 2.45) is 0 Å². The second-order valence-electron chi connectivity index (χ2n) is 20.9. The van der Waals surface area contributed by atoms with E-state index in [1.54, 1.807) is 0 Å². The van der Waals surface area contributed by atoms with Gasteiger partial charge in [-0.1, -0.05) is 170 Å². The number of benzene rings is 13. The van der Waals surface area contributed by atoms with Crippen molar-refractivity contribution >= 4 is 110 Å². The number of anilines is 6. The third-order valence-corrected chi connectivity index (χ3v) is 16.3. The Morgan fingerprint density at radius 2 is 0.500 bits per heavy atom. The molecule has 82 heavy (non-hydrogen) atoms. The van der Waals surface area contributed by atoms with Crippen LogP contribution in [-0.2, 0) is 0 Å². The zero-order chi connectivity index (χ0) is 54.1. The fourth-order valence-corrected chi connectivity index (χ4v) is 12.7. The first kappa shape index (κ1) is 47.0. The lowest BCUT2D eigenvalue weighted by molar-refractivity contribution is 1.17. The molecule has 0 aliphatic rings. The lowest BCUT2D eigenvalue weighted by Crippen LogP contribution is -2.11. The molecule has 0 fully saturated rings. The van der Waals surface area contributed by atoms with Crippen molar-refractivity contribution < 1.29 is 0 Å². The van der Waals surface area contributed by atoms with E-state index < -0.39 is 0 Å². The maximum Gasteiger partial charge on any atom is 0.0979 e. The highest BCUT2D eigenvalue weighted by molar-refractivity contribution is 6.13. The highest BCUT2D eigenvalue weighted by atomic mass is 15.2. The number of aromatic nitrogens is 4. The van der Waals surface area contributed by atoms with Gasteiger partial charge in [0.1, 0.15) is 0 Å². The summed E-state index contributed by atoms with van der Waals surface area (Å²) < 4.78 is 4.74. The molecule has 0 spiro atoms. The van der Waals surface area contributed by atoms with Crippen LogP contribution in [0.4, 0.5) is 34.1 Å². The van der Waals surface area contributed by atoms with Crippen LogP contribution in [0.15, 0.2) is 303 Å². The van der Waals surface area contributed by atoms with Crippen molar-refractivity contribution in [3.05, 3.63) is 303 Å². The fraction of sp³-hybridized carbons (Fsp3) is 0. The Balaban J connectivity index is 0.835. The average molecular weight is 1050 g/mol. The molecule has 3 heterocycles. The van der Waals surface area contributed by atoms with Crippen LogP contribution >= 0.6 is 0 Å². The normalized spacial score (nSPS) is 11.7. The second-order valence-corrected chi connectivity index (χ2v) is 20.9. The minimum Gasteiger partial charge on any atom is -0.310 e. The van der Waals surface area contributed by atoms with Gasteiger partial charge in [-0.05, 0) is 144 Å². The van der Waals surface area contributed by atoms with Gasteiger partial charge in [0.15, 0.2) is 0 Å². The summed E-state index contributed by atoms with van der Waals surface area (Å²) in [5.74, 6) is 0. The van der Waals surface area contributed by atoms with Crippen molar-refractivity contribution in [2.45, 2.75) is 0 Å². The highest BCUT2D eigenvalue weighted by Gasteiger charge is 2.24. The summed E-state index contributed by atoms with van der Waals surface area (Å²) in [6.45, 7) is 0. The molecule has 3 aromatic heterocycles. The summed E-state index contributed by atoms with van der Waals surface area (Å²) in [5.41, 5.74) is 18.6. The first-order valence-corrected chi connectivity index (χ1v) is 27.9. The minimum absolute atomic E-state index is 0.821. The molecular weight excluding hydrogens is 997 g/mol. The maximum atomic E-state index is 5.58. The Morgan fingerprint density at radius 3 is 0.854 bits per heavy atom. The van der Waals surface area contributed by atoms with Crippen LogP contribution in [0.5, 0.6) is 0 Å². The fourth-order valence-electron chi connectivity index (χ4n) is 12.7. The topological polar surface area (TPSA) is 42.1 Å². The third kappa shape index (κ3) is 7.65. The van der Waals surface area contributed by atoms with Crippen molar-refractivity contribution in [1.29, 1.82) is 0 Å². The predicted octanol–water partition coefficient (Wildman–Crippen LogP) is 20.4. The van der Waals surface area contributed by atoms with Gasteiger partial charge in [0.25, 0.3) is 0 Å². The molecule has 0 amide bonds. The summed E-state index contributed by atoms with van der Waals surface area (Å²) in [5, 5.41) is 9.32. The summed E-state index contributed by atoms with van der Waals surface area (Å²) in [4.78, 5) is 15.9. The van der Waals surface area contributed by atoms with Gasteiger partial charge in [-0.25, -0.2) is 9.97 Å². The Kier molecular flexibility index (Phi) is 11.1. The Morgan fingerprint density at radius 1 is 0.220 bits per heavy atom. The van der Waals surface area contributed by atoms with Gasteiger partial charge in [0.2, 0.25) is 0 Å². The number of fused-ring (bicyclic) bond motifs is 9.